The number of benzene rings is 1. The van der Waals surface area contributed by atoms with Gasteiger partial charge in [-0.25, -0.2) is 0 Å². The Morgan fingerprint density at radius 3 is 2.91 bits per heavy atom. The zero-order valence-corrected chi connectivity index (χ0v) is 13.2. The number of hydrogen-bond donors (Lipinski definition) is 1. The summed E-state index contributed by atoms with van der Waals surface area (Å²) >= 11 is 0. The minimum absolute atomic E-state index is 0.198. The number of pyridine rings is 1. The molecule has 1 amide bonds. The highest BCUT2D eigenvalue weighted by Gasteiger charge is 2.25. The predicted octanol–water partition coefficient (Wildman–Crippen LogP) is 3.00. The Morgan fingerprint density at radius 2 is 2.09 bits per heavy atom. The van der Waals surface area contributed by atoms with E-state index in [-0.39, 0.29) is 5.91 Å². The fraction of sp³-hybridized carbons (Fsp3) is 0.263. The largest absolute Gasteiger partial charge is 0.358 e. The lowest BCUT2D eigenvalue weighted by molar-refractivity contribution is -0.131. The van der Waals surface area contributed by atoms with Gasteiger partial charge in [-0.15, -0.1) is 0 Å². The van der Waals surface area contributed by atoms with Gasteiger partial charge in [-0.2, -0.15) is 0 Å². The summed E-state index contributed by atoms with van der Waals surface area (Å²) in [6.45, 7) is 3.41. The molecule has 3 aromatic rings. The van der Waals surface area contributed by atoms with Crippen LogP contribution in [0.4, 0.5) is 0 Å². The molecule has 23 heavy (non-hydrogen) atoms. The highest BCUT2D eigenvalue weighted by atomic mass is 16.2. The fourth-order valence-electron chi connectivity index (χ4n) is 3.24. The molecule has 0 atom stereocenters. The Kier molecular flexibility index (Phi) is 3.37. The van der Waals surface area contributed by atoms with E-state index in [0.717, 1.165) is 29.9 Å². The Bertz CT molecular complexity index is 864. The number of aromatic nitrogens is 2. The van der Waals surface area contributed by atoms with Gasteiger partial charge in [0.15, 0.2) is 0 Å². The van der Waals surface area contributed by atoms with Crippen molar-refractivity contribution in [1.82, 2.24) is 14.9 Å². The van der Waals surface area contributed by atoms with E-state index in [1.165, 1.54) is 16.5 Å². The minimum atomic E-state index is 0.198. The fourth-order valence-corrected chi connectivity index (χ4v) is 3.24. The van der Waals surface area contributed by atoms with Crippen molar-refractivity contribution in [2.24, 2.45) is 0 Å². The Morgan fingerprint density at radius 1 is 1.22 bits per heavy atom. The van der Waals surface area contributed by atoms with Gasteiger partial charge in [-0.1, -0.05) is 24.3 Å². The lowest BCUT2D eigenvalue weighted by Gasteiger charge is -2.27. The number of rotatable bonds is 3. The molecule has 4 nitrogen and oxygen atoms in total. The number of nitrogens with one attached hydrogen (secondary N) is 1. The van der Waals surface area contributed by atoms with Gasteiger partial charge >= 0.3 is 0 Å². The van der Waals surface area contributed by atoms with Gasteiger partial charge in [0.2, 0.25) is 5.91 Å². The Hall–Kier alpha value is -2.62. The second kappa shape index (κ2) is 5.54. The number of carbonyl (C=O) groups excluding carboxylic acids is 1. The molecule has 1 N–H and O–H groups in total. The maximum Gasteiger partial charge on any atom is 0.228 e. The Balaban J connectivity index is 1.54. The number of aromatic amines is 1. The molecular weight excluding hydrogens is 286 g/mol. The quantitative estimate of drug-likeness (QED) is 0.808. The van der Waals surface area contributed by atoms with Gasteiger partial charge in [0.05, 0.1) is 6.42 Å². The summed E-state index contributed by atoms with van der Waals surface area (Å²) in [5, 5.41) is 1.23. The van der Waals surface area contributed by atoms with E-state index in [1.54, 1.807) is 0 Å². The number of H-pyrrole nitrogens is 1. The molecule has 1 aliphatic heterocycles. The molecule has 3 heterocycles. The van der Waals surface area contributed by atoms with Crippen LogP contribution in [0.1, 0.15) is 22.5 Å². The molecule has 0 unspecified atom stereocenters. The maximum atomic E-state index is 12.4. The molecule has 0 spiro atoms. The van der Waals surface area contributed by atoms with Crippen molar-refractivity contribution in [2.45, 2.75) is 26.3 Å². The van der Waals surface area contributed by atoms with E-state index >= 15 is 0 Å². The van der Waals surface area contributed by atoms with Crippen LogP contribution in [-0.4, -0.2) is 27.3 Å². The van der Waals surface area contributed by atoms with Crippen LogP contribution in [0.3, 0.4) is 0 Å². The van der Waals surface area contributed by atoms with Gasteiger partial charge < -0.3 is 9.88 Å². The number of fused-ring (bicyclic) bond motifs is 3. The van der Waals surface area contributed by atoms with E-state index in [4.69, 9.17) is 0 Å². The minimum Gasteiger partial charge on any atom is -0.358 e. The van der Waals surface area contributed by atoms with E-state index in [2.05, 4.69) is 34.2 Å². The van der Waals surface area contributed by atoms with Crippen molar-refractivity contribution in [3.63, 3.8) is 0 Å². The van der Waals surface area contributed by atoms with Crippen molar-refractivity contribution in [1.29, 1.82) is 0 Å². The third-order valence-corrected chi connectivity index (χ3v) is 4.57. The highest BCUT2D eigenvalue weighted by Crippen LogP contribution is 2.28. The normalized spacial score (nSPS) is 14.3. The van der Waals surface area contributed by atoms with Crippen LogP contribution in [0.2, 0.25) is 0 Å². The van der Waals surface area contributed by atoms with E-state index in [0.29, 0.717) is 13.0 Å². The second-order valence-electron chi connectivity index (χ2n) is 6.18. The first-order chi connectivity index (χ1) is 11.2. The van der Waals surface area contributed by atoms with Crippen LogP contribution in [0, 0.1) is 6.92 Å². The van der Waals surface area contributed by atoms with Crippen LogP contribution in [0.15, 0.2) is 42.6 Å². The molecule has 4 rings (SSSR count). The molecule has 116 valence electrons. The lowest BCUT2D eigenvalue weighted by Crippen LogP contribution is -2.37. The molecule has 0 saturated heterocycles. The van der Waals surface area contributed by atoms with Gasteiger partial charge in [0.25, 0.3) is 0 Å². The summed E-state index contributed by atoms with van der Waals surface area (Å²) in [6, 6.07) is 12.4. The first kappa shape index (κ1) is 14.0. The third-order valence-electron chi connectivity index (χ3n) is 4.57. The summed E-state index contributed by atoms with van der Waals surface area (Å²) in [5.74, 6) is 0.198. The highest BCUT2D eigenvalue weighted by molar-refractivity contribution is 5.89. The van der Waals surface area contributed by atoms with Crippen molar-refractivity contribution < 1.29 is 4.79 Å². The number of aryl methyl sites for hydroxylation is 1. The number of amides is 1. The average Bonchev–Trinajstić information content (AvgIpc) is 2.91. The van der Waals surface area contributed by atoms with E-state index in [1.807, 2.05) is 30.2 Å². The number of nitrogens with zero attached hydrogens (tertiary/aromatic N) is 2. The van der Waals surface area contributed by atoms with Gasteiger partial charge in [-0.05, 0) is 31.0 Å². The summed E-state index contributed by atoms with van der Waals surface area (Å²) in [7, 11) is 0. The molecule has 1 aliphatic rings. The molecule has 0 saturated carbocycles. The second-order valence-corrected chi connectivity index (χ2v) is 6.18. The summed E-state index contributed by atoms with van der Waals surface area (Å²) in [4.78, 5) is 22.1. The summed E-state index contributed by atoms with van der Waals surface area (Å²) < 4.78 is 0. The molecule has 4 heteroatoms. The molecule has 1 aromatic carbocycles. The van der Waals surface area contributed by atoms with Crippen LogP contribution in [0.5, 0.6) is 0 Å². The molecular formula is C19H19N3O. The van der Waals surface area contributed by atoms with Crippen molar-refractivity contribution in [2.75, 3.05) is 6.54 Å². The standard InChI is InChI=1S/C19H19N3O/c1-13-6-7-14(11-20-13)8-9-22-12-16-15-4-2-3-5-17(15)21-18(16)10-19(22)23/h2-7,11,21H,8-10,12H2,1H3. The topological polar surface area (TPSA) is 49.0 Å². The van der Waals surface area contributed by atoms with Gasteiger partial charge in [0, 0.05) is 47.1 Å². The Labute approximate surface area is 135 Å². The van der Waals surface area contributed by atoms with Crippen LogP contribution < -0.4 is 0 Å². The van der Waals surface area contributed by atoms with Crippen molar-refractivity contribution >= 4 is 16.8 Å². The molecule has 0 fully saturated rings. The molecule has 0 radical (unpaired) electrons. The van der Waals surface area contributed by atoms with E-state index < -0.39 is 0 Å². The van der Waals surface area contributed by atoms with Crippen LogP contribution in [0.25, 0.3) is 10.9 Å². The number of hydrogen-bond acceptors (Lipinski definition) is 2. The lowest BCUT2D eigenvalue weighted by atomic mass is 10.0. The van der Waals surface area contributed by atoms with Gasteiger partial charge in [0.1, 0.15) is 0 Å². The molecule has 0 bridgehead atoms. The van der Waals surface area contributed by atoms with Crippen molar-refractivity contribution in [3.05, 3.63) is 65.1 Å². The number of carbonyl (C=O) groups is 1. The first-order valence-electron chi connectivity index (χ1n) is 7.98. The monoisotopic (exact) mass is 305 g/mol. The first-order valence-corrected chi connectivity index (χ1v) is 7.98. The number of para-hydroxylation sites is 1. The SMILES string of the molecule is Cc1ccc(CCN2Cc3c([nH]c4ccccc34)CC2=O)cn1. The zero-order valence-electron chi connectivity index (χ0n) is 13.2. The smallest absolute Gasteiger partial charge is 0.228 e. The average molecular weight is 305 g/mol. The molecule has 2 aromatic heterocycles. The van der Waals surface area contributed by atoms with Crippen LogP contribution >= 0.6 is 0 Å². The van der Waals surface area contributed by atoms with E-state index in [9.17, 15) is 4.79 Å². The third kappa shape index (κ3) is 2.61. The van der Waals surface area contributed by atoms with Gasteiger partial charge in [-0.3, -0.25) is 9.78 Å². The predicted molar refractivity (Wildman–Crippen MR) is 90.1 cm³/mol. The molecule has 0 aliphatic carbocycles. The summed E-state index contributed by atoms with van der Waals surface area (Å²) in [5.41, 5.74) is 5.65. The zero-order chi connectivity index (χ0) is 15.8. The van der Waals surface area contributed by atoms with Crippen LogP contribution in [-0.2, 0) is 24.2 Å². The summed E-state index contributed by atoms with van der Waals surface area (Å²) in [6.07, 6.45) is 3.22. The van der Waals surface area contributed by atoms with Crippen molar-refractivity contribution in [3.8, 4) is 0 Å². The maximum absolute atomic E-state index is 12.4.